The number of hydrogen-bond acceptors (Lipinski definition) is 7. The van der Waals surface area contributed by atoms with Crippen LogP contribution in [-0.2, 0) is 6.54 Å². The van der Waals surface area contributed by atoms with Crippen LogP contribution >= 0.6 is 33.9 Å². The smallest absolute Gasteiger partial charge is 0.407 e. The van der Waals surface area contributed by atoms with Crippen molar-refractivity contribution in [3.8, 4) is 11.3 Å². The van der Waals surface area contributed by atoms with E-state index in [1.54, 1.807) is 12.4 Å². The normalized spacial score (nSPS) is 11.0. The Kier molecular flexibility index (Phi) is 5.83. The third kappa shape index (κ3) is 4.58. The Morgan fingerprint density at radius 1 is 1.54 bits per heavy atom. The topological polar surface area (TPSA) is 104 Å². The number of amides is 1. The maximum atomic E-state index is 10.8. The van der Waals surface area contributed by atoms with Crippen LogP contribution in [0.25, 0.3) is 11.3 Å². The molecule has 2 heterocycles. The van der Waals surface area contributed by atoms with Crippen molar-refractivity contribution in [1.29, 1.82) is 0 Å². The standard InChI is InChI=1S/C16H14IN5O3S/c1-22(16(23)24)7-11-8-26-15(20-11)6-19-21-10-2-3-12(13(17)4-10)14-5-18-9-25-14/h2-6,8-9,21H,7H2,1H3,(H,23,24). The van der Waals surface area contributed by atoms with Crippen molar-refractivity contribution >= 4 is 51.9 Å². The van der Waals surface area contributed by atoms with E-state index in [1.165, 1.54) is 29.7 Å². The minimum absolute atomic E-state index is 0.244. The largest absolute Gasteiger partial charge is 0.465 e. The van der Waals surface area contributed by atoms with E-state index in [4.69, 9.17) is 9.52 Å². The molecule has 0 atom stereocenters. The Bertz CT molecular complexity index is 926. The number of hydrogen-bond donors (Lipinski definition) is 2. The van der Waals surface area contributed by atoms with Crippen LogP contribution < -0.4 is 5.43 Å². The second-order valence-corrected chi connectivity index (χ2v) is 7.30. The van der Waals surface area contributed by atoms with E-state index in [0.717, 1.165) is 14.8 Å². The van der Waals surface area contributed by atoms with Crippen molar-refractivity contribution in [2.75, 3.05) is 12.5 Å². The molecular formula is C16H14IN5O3S. The van der Waals surface area contributed by atoms with Crippen LogP contribution in [0, 0.1) is 3.57 Å². The summed E-state index contributed by atoms with van der Waals surface area (Å²) in [5.74, 6) is 0.714. The molecule has 8 nitrogen and oxygen atoms in total. The van der Waals surface area contributed by atoms with Crippen LogP contribution in [0.2, 0.25) is 0 Å². The van der Waals surface area contributed by atoms with Crippen LogP contribution in [0.1, 0.15) is 10.7 Å². The quantitative estimate of drug-likeness (QED) is 0.313. The number of thiazole rings is 1. The Hall–Kier alpha value is -2.47. The van der Waals surface area contributed by atoms with Gasteiger partial charge in [-0.3, -0.25) is 5.43 Å². The highest BCUT2D eigenvalue weighted by molar-refractivity contribution is 14.1. The van der Waals surface area contributed by atoms with Gasteiger partial charge < -0.3 is 14.4 Å². The molecule has 0 fully saturated rings. The molecule has 0 aliphatic heterocycles. The van der Waals surface area contributed by atoms with Gasteiger partial charge in [0.2, 0.25) is 0 Å². The van der Waals surface area contributed by atoms with Crippen LogP contribution in [0.5, 0.6) is 0 Å². The van der Waals surface area contributed by atoms with Crippen molar-refractivity contribution in [3.63, 3.8) is 0 Å². The molecule has 2 aromatic heterocycles. The van der Waals surface area contributed by atoms with Gasteiger partial charge in [-0.25, -0.2) is 14.8 Å². The van der Waals surface area contributed by atoms with E-state index in [9.17, 15) is 4.79 Å². The average molecular weight is 483 g/mol. The number of oxazole rings is 1. The summed E-state index contributed by atoms with van der Waals surface area (Å²) in [5.41, 5.74) is 5.44. The van der Waals surface area contributed by atoms with E-state index in [1.807, 2.05) is 23.6 Å². The number of anilines is 1. The first-order valence-electron chi connectivity index (χ1n) is 7.39. The molecule has 0 unspecified atom stereocenters. The molecule has 0 saturated carbocycles. The molecule has 0 radical (unpaired) electrons. The van der Waals surface area contributed by atoms with E-state index < -0.39 is 6.09 Å². The van der Waals surface area contributed by atoms with E-state index in [-0.39, 0.29) is 6.54 Å². The lowest BCUT2D eigenvalue weighted by atomic mass is 10.2. The third-order valence-electron chi connectivity index (χ3n) is 3.33. The Morgan fingerprint density at radius 3 is 3.08 bits per heavy atom. The average Bonchev–Trinajstić information content (AvgIpc) is 3.27. The SMILES string of the molecule is CN(Cc1csc(C=NNc2ccc(-c3cnco3)c(I)c2)n1)C(=O)O. The molecule has 10 heteroatoms. The van der Waals surface area contributed by atoms with Crippen LogP contribution in [0.4, 0.5) is 10.5 Å². The number of hydrazone groups is 1. The zero-order chi connectivity index (χ0) is 18.5. The number of carbonyl (C=O) groups is 1. The number of benzene rings is 1. The van der Waals surface area contributed by atoms with Gasteiger partial charge in [-0.1, -0.05) is 0 Å². The van der Waals surface area contributed by atoms with E-state index in [2.05, 4.69) is 43.1 Å². The molecule has 134 valence electrons. The lowest BCUT2D eigenvalue weighted by molar-refractivity contribution is 0.153. The minimum Gasteiger partial charge on any atom is -0.465 e. The molecule has 2 N–H and O–H groups in total. The van der Waals surface area contributed by atoms with Gasteiger partial charge in [-0.05, 0) is 40.8 Å². The van der Waals surface area contributed by atoms with Gasteiger partial charge in [0.05, 0.1) is 30.3 Å². The predicted octanol–water partition coefficient (Wildman–Crippen LogP) is 3.96. The molecule has 1 amide bonds. The summed E-state index contributed by atoms with van der Waals surface area (Å²) < 4.78 is 6.32. The fourth-order valence-electron chi connectivity index (χ4n) is 2.06. The highest BCUT2D eigenvalue weighted by atomic mass is 127. The monoisotopic (exact) mass is 483 g/mol. The summed E-state index contributed by atoms with van der Waals surface area (Å²) >= 11 is 3.63. The molecule has 1 aromatic carbocycles. The molecule has 0 saturated heterocycles. The number of carboxylic acid groups (broad SMARTS) is 1. The Morgan fingerprint density at radius 2 is 2.38 bits per heavy atom. The molecular weight excluding hydrogens is 469 g/mol. The van der Waals surface area contributed by atoms with Crippen molar-refractivity contribution in [1.82, 2.24) is 14.9 Å². The van der Waals surface area contributed by atoms with Gasteiger partial charge in [0.25, 0.3) is 0 Å². The predicted molar refractivity (Wildman–Crippen MR) is 107 cm³/mol. The Labute approximate surface area is 166 Å². The number of halogens is 1. The number of aromatic nitrogens is 2. The first-order chi connectivity index (χ1) is 12.5. The summed E-state index contributed by atoms with van der Waals surface area (Å²) in [6, 6.07) is 5.78. The lowest BCUT2D eigenvalue weighted by Crippen LogP contribution is -2.24. The summed E-state index contributed by atoms with van der Waals surface area (Å²) in [4.78, 5) is 20.3. The maximum absolute atomic E-state index is 10.8. The summed E-state index contributed by atoms with van der Waals surface area (Å²) in [6.45, 7) is 0.244. The van der Waals surface area contributed by atoms with Gasteiger partial charge in [0, 0.05) is 21.6 Å². The van der Waals surface area contributed by atoms with Crippen LogP contribution in [-0.4, -0.2) is 39.3 Å². The zero-order valence-corrected chi connectivity index (χ0v) is 16.6. The molecule has 26 heavy (non-hydrogen) atoms. The molecule has 3 aromatic rings. The van der Waals surface area contributed by atoms with Crippen molar-refractivity contribution in [3.05, 3.63) is 50.4 Å². The maximum Gasteiger partial charge on any atom is 0.407 e. The minimum atomic E-state index is -0.988. The third-order valence-corrected chi connectivity index (χ3v) is 5.05. The van der Waals surface area contributed by atoms with Gasteiger partial charge in [-0.2, -0.15) is 5.10 Å². The lowest BCUT2D eigenvalue weighted by Gasteiger charge is -2.09. The van der Waals surface area contributed by atoms with Crippen molar-refractivity contribution in [2.45, 2.75) is 6.54 Å². The Balaban J connectivity index is 1.61. The summed E-state index contributed by atoms with van der Waals surface area (Å²) in [7, 11) is 1.50. The number of rotatable bonds is 6. The molecule has 0 aliphatic rings. The number of nitrogens with one attached hydrogen (secondary N) is 1. The van der Waals surface area contributed by atoms with E-state index >= 15 is 0 Å². The van der Waals surface area contributed by atoms with Crippen LogP contribution in [0.3, 0.4) is 0 Å². The fourth-order valence-corrected chi connectivity index (χ4v) is 3.51. The second-order valence-electron chi connectivity index (χ2n) is 5.25. The van der Waals surface area contributed by atoms with Crippen molar-refractivity contribution in [2.24, 2.45) is 5.10 Å². The molecule has 0 spiro atoms. The second kappa shape index (κ2) is 8.27. The fraction of sp³-hybridized carbons (Fsp3) is 0.125. The van der Waals surface area contributed by atoms with Gasteiger partial charge in [0.1, 0.15) is 5.01 Å². The van der Waals surface area contributed by atoms with Gasteiger partial charge in [0.15, 0.2) is 12.2 Å². The highest BCUT2D eigenvalue weighted by Gasteiger charge is 2.09. The molecule has 0 aliphatic carbocycles. The number of nitrogens with zero attached hydrogens (tertiary/aromatic N) is 4. The molecule has 0 bridgehead atoms. The van der Waals surface area contributed by atoms with Gasteiger partial charge >= 0.3 is 6.09 Å². The first-order valence-corrected chi connectivity index (χ1v) is 9.34. The summed E-state index contributed by atoms with van der Waals surface area (Å²) in [5, 5.41) is 15.6. The molecule has 3 rings (SSSR count). The highest BCUT2D eigenvalue weighted by Crippen LogP contribution is 2.27. The van der Waals surface area contributed by atoms with Crippen molar-refractivity contribution < 1.29 is 14.3 Å². The summed E-state index contributed by atoms with van der Waals surface area (Å²) in [6.07, 6.45) is 3.69. The van der Waals surface area contributed by atoms with E-state index in [0.29, 0.717) is 16.5 Å². The zero-order valence-electron chi connectivity index (χ0n) is 13.6. The van der Waals surface area contributed by atoms with Crippen LogP contribution in [0.15, 0.2) is 45.7 Å². The first kappa shape index (κ1) is 18.3. The van der Waals surface area contributed by atoms with Gasteiger partial charge in [-0.15, -0.1) is 11.3 Å².